The van der Waals surface area contributed by atoms with Crippen molar-refractivity contribution in [1.82, 2.24) is 15.1 Å². The first kappa shape index (κ1) is 19.0. The molecule has 27 heavy (non-hydrogen) atoms. The molecule has 0 bridgehead atoms. The lowest BCUT2D eigenvalue weighted by Gasteiger charge is -2.23. The topological polar surface area (TPSA) is 85.3 Å². The molecule has 2 N–H and O–H groups in total. The Morgan fingerprint density at radius 3 is 2.89 bits per heavy atom. The maximum absolute atomic E-state index is 13.6. The number of rotatable bonds is 7. The van der Waals surface area contributed by atoms with E-state index in [0.29, 0.717) is 17.8 Å². The van der Waals surface area contributed by atoms with Crippen molar-refractivity contribution in [3.63, 3.8) is 0 Å². The molecule has 2 heterocycles. The van der Waals surface area contributed by atoms with Gasteiger partial charge in [0.25, 0.3) is 0 Å². The second-order valence-electron chi connectivity index (χ2n) is 6.92. The molecule has 2 amide bonds. The normalized spacial score (nSPS) is 19.0. The summed E-state index contributed by atoms with van der Waals surface area (Å²) in [6.45, 7) is 3.21. The third-order valence-corrected chi connectivity index (χ3v) is 4.49. The van der Waals surface area contributed by atoms with Crippen molar-refractivity contribution in [3.05, 3.63) is 48.0 Å². The molecular weight excluding hydrogens is 351 g/mol. The van der Waals surface area contributed by atoms with Crippen molar-refractivity contribution in [2.24, 2.45) is 0 Å². The van der Waals surface area contributed by atoms with E-state index in [9.17, 15) is 14.0 Å². The third kappa shape index (κ3) is 5.37. The van der Waals surface area contributed by atoms with Gasteiger partial charge in [-0.25, -0.2) is 4.39 Å². The molecule has 1 aliphatic heterocycles. The zero-order chi connectivity index (χ0) is 19.3. The van der Waals surface area contributed by atoms with Gasteiger partial charge in [-0.1, -0.05) is 18.2 Å². The van der Waals surface area contributed by atoms with E-state index in [-0.39, 0.29) is 30.4 Å². The molecule has 1 aliphatic rings. The Bertz CT molecular complexity index is 815. The van der Waals surface area contributed by atoms with Gasteiger partial charge >= 0.3 is 0 Å². The Morgan fingerprint density at radius 1 is 1.33 bits per heavy atom. The third-order valence-electron chi connectivity index (χ3n) is 4.49. The molecule has 1 fully saturated rings. The van der Waals surface area contributed by atoms with Crippen LogP contribution in [0.1, 0.15) is 25.3 Å². The van der Waals surface area contributed by atoms with E-state index in [0.717, 1.165) is 19.4 Å². The summed E-state index contributed by atoms with van der Waals surface area (Å²) in [7, 11) is 0. The molecule has 0 unspecified atom stereocenters. The fraction of sp³-hybridized carbons (Fsp3) is 0.421. The molecular formula is C19H23FN4O3. The zero-order valence-corrected chi connectivity index (χ0v) is 15.2. The average molecular weight is 374 g/mol. The van der Waals surface area contributed by atoms with Crippen molar-refractivity contribution in [2.75, 3.05) is 18.5 Å². The van der Waals surface area contributed by atoms with Gasteiger partial charge in [0.2, 0.25) is 11.8 Å². The number of amides is 2. The Hall–Kier alpha value is -2.74. The Balaban J connectivity index is 1.47. The minimum Gasteiger partial charge on any atom is -0.373 e. The van der Waals surface area contributed by atoms with E-state index < -0.39 is 5.82 Å². The van der Waals surface area contributed by atoms with E-state index in [2.05, 4.69) is 15.7 Å². The van der Waals surface area contributed by atoms with Gasteiger partial charge in [-0.2, -0.15) is 5.10 Å². The summed E-state index contributed by atoms with van der Waals surface area (Å²) in [5.41, 5.74) is 0.477. The molecule has 144 valence electrons. The minimum atomic E-state index is -0.417. The summed E-state index contributed by atoms with van der Waals surface area (Å²) < 4.78 is 20.7. The minimum absolute atomic E-state index is 0.0409. The van der Waals surface area contributed by atoms with Gasteiger partial charge in [0, 0.05) is 19.3 Å². The van der Waals surface area contributed by atoms with Crippen molar-refractivity contribution in [2.45, 2.75) is 38.3 Å². The first-order chi connectivity index (χ1) is 12.9. The van der Waals surface area contributed by atoms with Crippen molar-refractivity contribution in [3.8, 4) is 0 Å². The van der Waals surface area contributed by atoms with Crippen LogP contribution in [0.2, 0.25) is 0 Å². The molecule has 1 aromatic heterocycles. The number of ether oxygens (including phenoxy) is 1. The maximum Gasteiger partial charge on any atom is 0.241 e. The number of carbonyl (C=O) groups is 2. The lowest BCUT2D eigenvalue weighted by atomic mass is 10.0. The van der Waals surface area contributed by atoms with Crippen LogP contribution in [-0.2, 0) is 27.3 Å². The highest BCUT2D eigenvalue weighted by Crippen LogP contribution is 2.23. The lowest BCUT2D eigenvalue weighted by Crippen LogP contribution is -2.41. The van der Waals surface area contributed by atoms with Gasteiger partial charge in [0.1, 0.15) is 12.4 Å². The van der Waals surface area contributed by atoms with Crippen LogP contribution in [0.4, 0.5) is 10.1 Å². The van der Waals surface area contributed by atoms with Crippen LogP contribution in [0.3, 0.4) is 0 Å². The first-order valence-corrected chi connectivity index (χ1v) is 8.90. The standard InChI is InChI=1S/C19H23FN4O3/c1-19(7-4-8-27-19)13-21-18(26)12-24-11-15(10-22-24)23-17(25)9-14-5-2-3-6-16(14)20/h2-3,5-6,10-11H,4,7-9,12-13H2,1H3,(H,21,26)(H,23,25)/t19-/m1/s1. The van der Waals surface area contributed by atoms with Gasteiger partial charge in [-0.05, 0) is 31.4 Å². The Kier molecular flexibility index (Phi) is 5.85. The van der Waals surface area contributed by atoms with Crippen LogP contribution >= 0.6 is 0 Å². The number of aromatic nitrogens is 2. The molecule has 0 radical (unpaired) electrons. The van der Waals surface area contributed by atoms with Crippen LogP contribution in [0.25, 0.3) is 0 Å². The number of hydrogen-bond donors (Lipinski definition) is 2. The highest BCUT2D eigenvalue weighted by molar-refractivity contribution is 5.92. The highest BCUT2D eigenvalue weighted by atomic mass is 19.1. The lowest BCUT2D eigenvalue weighted by molar-refractivity contribution is -0.123. The molecule has 1 aromatic carbocycles. The molecule has 2 aromatic rings. The van der Waals surface area contributed by atoms with Crippen LogP contribution < -0.4 is 10.6 Å². The number of nitrogens with one attached hydrogen (secondary N) is 2. The number of anilines is 1. The van der Waals surface area contributed by atoms with Gasteiger partial charge in [0.15, 0.2) is 0 Å². The van der Waals surface area contributed by atoms with Gasteiger partial charge in [-0.3, -0.25) is 14.3 Å². The SMILES string of the molecule is C[C@]1(CNC(=O)Cn2cc(NC(=O)Cc3ccccc3F)cn2)CCCO1. The van der Waals surface area contributed by atoms with Crippen LogP contribution in [0.15, 0.2) is 36.7 Å². The van der Waals surface area contributed by atoms with Gasteiger partial charge in [0.05, 0.1) is 23.9 Å². The zero-order valence-electron chi connectivity index (χ0n) is 15.2. The predicted molar refractivity (Wildman–Crippen MR) is 97.6 cm³/mol. The largest absolute Gasteiger partial charge is 0.373 e. The molecule has 0 spiro atoms. The van der Waals surface area contributed by atoms with Gasteiger partial charge < -0.3 is 15.4 Å². The summed E-state index contributed by atoms with van der Waals surface area (Å²) in [6.07, 6.45) is 4.87. The number of benzene rings is 1. The average Bonchev–Trinajstić information content (AvgIpc) is 3.25. The number of hydrogen-bond acceptors (Lipinski definition) is 4. The first-order valence-electron chi connectivity index (χ1n) is 8.90. The van der Waals surface area contributed by atoms with E-state index >= 15 is 0 Å². The molecule has 0 aliphatic carbocycles. The highest BCUT2D eigenvalue weighted by Gasteiger charge is 2.29. The van der Waals surface area contributed by atoms with E-state index in [4.69, 9.17) is 4.74 Å². The monoisotopic (exact) mass is 374 g/mol. The van der Waals surface area contributed by atoms with Crippen LogP contribution in [0, 0.1) is 5.82 Å². The van der Waals surface area contributed by atoms with Gasteiger partial charge in [-0.15, -0.1) is 0 Å². The van der Waals surface area contributed by atoms with Crippen LogP contribution in [-0.4, -0.2) is 40.3 Å². The van der Waals surface area contributed by atoms with E-state index in [1.165, 1.54) is 16.9 Å². The van der Waals surface area contributed by atoms with Crippen molar-refractivity contribution < 1.29 is 18.7 Å². The van der Waals surface area contributed by atoms with Crippen molar-refractivity contribution in [1.29, 1.82) is 0 Å². The molecule has 1 atom stereocenters. The smallest absolute Gasteiger partial charge is 0.241 e. The second-order valence-corrected chi connectivity index (χ2v) is 6.92. The molecule has 3 rings (SSSR count). The quantitative estimate of drug-likeness (QED) is 0.775. The Morgan fingerprint density at radius 2 is 2.15 bits per heavy atom. The fourth-order valence-corrected chi connectivity index (χ4v) is 3.00. The maximum atomic E-state index is 13.6. The summed E-state index contributed by atoms with van der Waals surface area (Å²) in [5.74, 6) is -0.950. The van der Waals surface area contributed by atoms with Crippen LogP contribution in [0.5, 0.6) is 0 Å². The molecule has 7 nitrogen and oxygen atoms in total. The second kappa shape index (κ2) is 8.30. The molecule has 8 heteroatoms. The summed E-state index contributed by atoms with van der Waals surface area (Å²) in [5, 5.41) is 9.57. The van der Waals surface area contributed by atoms with Crippen molar-refractivity contribution >= 4 is 17.5 Å². The van der Waals surface area contributed by atoms with E-state index in [1.54, 1.807) is 24.4 Å². The fourth-order valence-electron chi connectivity index (χ4n) is 3.00. The number of nitrogens with zero attached hydrogens (tertiary/aromatic N) is 2. The summed E-state index contributed by atoms with van der Waals surface area (Å²) in [6, 6.07) is 6.14. The Labute approximate surface area is 156 Å². The number of carbonyl (C=O) groups excluding carboxylic acids is 2. The predicted octanol–water partition coefficient (Wildman–Crippen LogP) is 1.89. The van der Waals surface area contributed by atoms with E-state index in [1.807, 2.05) is 6.92 Å². The molecule has 1 saturated heterocycles. The summed E-state index contributed by atoms with van der Waals surface area (Å²) in [4.78, 5) is 24.1. The number of halogens is 1. The summed E-state index contributed by atoms with van der Waals surface area (Å²) >= 11 is 0. The molecule has 0 saturated carbocycles.